The second kappa shape index (κ2) is 7.91. The molecule has 10 nitrogen and oxygen atoms in total. The summed E-state index contributed by atoms with van der Waals surface area (Å²) in [6, 6.07) is 9.06. The van der Waals surface area contributed by atoms with Crippen molar-refractivity contribution in [3.8, 4) is 5.69 Å². The fourth-order valence-electron chi connectivity index (χ4n) is 4.57. The molecule has 0 aliphatic carbocycles. The maximum Gasteiger partial charge on any atom is 0.261 e. The molecule has 0 radical (unpaired) electrons. The molecule has 1 aliphatic rings. The molecule has 0 atom stereocenters. The molecule has 1 amide bonds. The summed E-state index contributed by atoms with van der Waals surface area (Å²) in [5.74, 6) is 0.706. The number of nitrogens with one attached hydrogen (secondary N) is 2. The van der Waals surface area contributed by atoms with Crippen molar-refractivity contribution < 1.29 is 4.79 Å². The Morgan fingerprint density at radius 2 is 2.00 bits per heavy atom. The maximum absolute atomic E-state index is 13.5. The van der Waals surface area contributed by atoms with Crippen molar-refractivity contribution in [2.24, 2.45) is 0 Å². The number of pyridine rings is 1. The number of benzene rings is 1. The summed E-state index contributed by atoms with van der Waals surface area (Å²) in [7, 11) is 0. The molecular weight excluding hydrogens is 432 g/mol. The largest absolute Gasteiger partial charge is 0.320 e. The van der Waals surface area contributed by atoms with Gasteiger partial charge in [0.25, 0.3) is 11.5 Å². The van der Waals surface area contributed by atoms with Gasteiger partial charge in [-0.05, 0) is 38.0 Å². The van der Waals surface area contributed by atoms with E-state index < -0.39 is 0 Å². The quantitative estimate of drug-likeness (QED) is 0.432. The number of para-hydroxylation sites is 2. The molecular formula is C24H22N8O2. The van der Waals surface area contributed by atoms with Gasteiger partial charge in [-0.2, -0.15) is 5.10 Å². The summed E-state index contributed by atoms with van der Waals surface area (Å²) < 4.78 is 3.70. The molecule has 2 N–H and O–H groups in total. The number of H-pyrrole nitrogens is 1. The minimum atomic E-state index is -0.279. The molecule has 1 aliphatic heterocycles. The van der Waals surface area contributed by atoms with Gasteiger partial charge in [0.1, 0.15) is 16.7 Å². The number of hydrogen-bond acceptors (Lipinski definition) is 6. The molecule has 170 valence electrons. The van der Waals surface area contributed by atoms with Gasteiger partial charge in [0.15, 0.2) is 11.3 Å². The standard InChI is InChI=1S/C24H22N8O2/c1-14-11-15(20-22(28-14)31-10-6-2-3-9-19(31)30-20)24(34)29-17-7-4-5-8-18(17)32-21-16(12-27-32)23(33)26-13-25-21/h4-5,7-8,11-13H,2-3,6,9-10H2,1H3,(H,29,34)(H,25,26,33). The third-order valence-corrected chi connectivity index (χ3v) is 6.19. The first-order chi connectivity index (χ1) is 16.6. The highest BCUT2D eigenvalue weighted by molar-refractivity contribution is 6.12. The van der Waals surface area contributed by atoms with Crippen LogP contribution in [0.1, 0.15) is 41.1 Å². The number of aryl methyl sites for hydroxylation is 3. The lowest BCUT2D eigenvalue weighted by Crippen LogP contribution is -2.15. The molecule has 10 heteroatoms. The van der Waals surface area contributed by atoms with Gasteiger partial charge in [0.05, 0.1) is 29.5 Å². The third kappa shape index (κ3) is 3.26. The lowest BCUT2D eigenvalue weighted by molar-refractivity contribution is 0.102. The van der Waals surface area contributed by atoms with E-state index in [-0.39, 0.29) is 11.5 Å². The zero-order valence-corrected chi connectivity index (χ0v) is 18.6. The highest BCUT2D eigenvalue weighted by Gasteiger charge is 2.22. The van der Waals surface area contributed by atoms with Gasteiger partial charge in [-0.15, -0.1) is 0 Å². The summed E-state index contributed by atoms with van der Waals surface area (Å²) in [5, 5.41) is 7.73. The Bertz CT molecular complexity index is 1630. The topological polar surface area (TPSA) is 123 Å². The summed E-state index contributed by atoms with van der Waals surface area (Å²) in [5.41, 5.74) is 3.91. The lowest BCUT2D eigenvalue weighted by Gasteiger charge is -2.12. The zero-order chi connectivity index (χ0) is 23.2. The van der Waals surface area contributed by atoms with E-state index in [2.05, 4.69) is 25.0 Å². The fourth-order valence-corrected chi connectivity index (χ4v) is 4.57. The molecule has 5 aromatic rings. The van der Waals surface area contributed by atoms with E-state index in [4.69, 9.17) is 9.97 Å². The van der Waals surface area contributed by atoms with Crippen molar-refractivity contribution in [1.82, 2.24) is 34.3 Å². The number of amides is 1. The first kappa shape index (κ1) is 20.3. The summed E-state index contributed by atoms with van der Waals surface area (Å²) in [4.78, 5) is 41.9. The van der Waals surface area contributed by atoms with Gasteiger partial charge < -0.3 is 14.9 Å². The first-order valence-electron chi connectivity index (χ1n) is 11.3. The van der Waals surface area contributed by atoms with E-state index in [0.29, 0.717) is 33.5 Å². The van der Waals surface area contributed by atoms with Gasteiger partial charge in [-0.25, -0.2) is 19.6 Å². The van der Waals surface area contributed by atoms with E-state index in [9.17, 15) is 9.59 Å². The molecule has 0 saturated carbocycles. The van der Waals surface area contributed by atoms with Crippen LogP contribution in [0.25, 0.3) is 27.9 Å². The maximum atomic E-state index is 13.5. The van der Waals surface area contributed by atoms with Crippen LogP contribution in [0, 0.1) is 6.92 Å². The van der Waals surface area contributed by atoms with Crippen molar-refractivity contribution in [2.75, 3.05) is 5.32 Å². The van der Waals surface area contributed by atoms with Crippen molar-refractivity contribution in [2.45, 2.75) is 39.2 Å². The number of anilines is 1. The molecule has 5 heterocycles. The molecule has 0 spiro atoms. The molecule has 0 saturated heterocycles. The van der Waals surface area contributed by atoms with E-state index in [1.54, 1.807) is 16.8 Å². The fraction of sp³-hybridized carbons (Fsp3) is 0.250. The Labute approximate surface area is 193 Å². The highest BCUT2D eigenvalue weighted by Crippen LogP contribution is 2.27. The molecule has 0 bridgehead atoms. The van der Waals surface area contributed by atoms with Crippen LogP contribution in [0.15, 0.2) is 47.7 Å². The summed E-state index contributed by atoms with van der Waals surface area (Å²) in [6.45, 7) is 2.75. The van der Waals surface area contributed by atoms with Crippen molar-refractivity contribution >= 4 is 33.8 Å². The van der Waals surface area contributed by atoms with E-state index >= 15 is 0 Å². The van der Waals surface area contributed by atoms with Crippen LogP contribution in [-0.2, 0) is 13.0 Å². The number of nitrogens with zero attached hydrogens (tertiary/aromatic N) is 6. The van der Waals surface area contributed by atoms with Crippen LogP contribution in [-0.4, -0.2) is 40.2 Å². The molecule has 4 aromatic heterocycles. The molecule has 0 fully saturated rings. The van der Waals surface area contributed by atoms with E-state index in [0.717, 1.165) is 43.0 Å². The van der Waals surface area contributed by atoms with Crippen molar-refractivity contribution in [3.63, 3.8) is 0 Å². The van der Waals surface area contributed by atoms with Crippen molar-refractivity contribution in [3.05, 3.63) is 70.3 Å². The Hall–Kier alpha value is -4.34. The first-order valence-corrected chi connectivity index (χ1v) is 11.3. The molecule has 0 unspecified atom stereocenters. The Kier molecular flexibility index (Phi) is 4.72. The van der Waals surface area contributed by atoms with Crippen LogP contribution >= 0.6 is 0 Å². The smallest absolute Gasteiger partial charge is 0.261 e. The number of carbonyl (C=O) groups is 1. The van der Waals surface area contributed by atoms with Crippen LogP contribution in [0.5, 0.6) is 0 Å². The van der Waals surface area contributed by atoms with Crippen LogP contribution in [0.4, 0.5) is 5.69 Å². The Morgan fingerprint density at radius 3 is 2.91 bits per heavy atom. The van der Waals surface area contributed by atoms with Crippen LogP contribution < -0.4 is 10.9 Å². The van der Waals surface area contributed by atoms with Gasteiger partial charge in [0.2, 0.25) is 0 Å². The number of fused-ring (bicyclic) bond motifs is 4. The average Bonchev–Trinajstić information content (AvgIpc) is 3.33. The average molecular weight is 454 g/mol. The SMILES string of the molecule is Cc1cc(C(=O)Nc2ccccc2-n2ncc3c(=O)[nH]cnc32)c2nc3n(c2n1)CCCCC3. The van der Waals surface area contributed by atoms with Gasteiger partial charge in [-0.1, -0.05) is 18.6 Å². The van der Waals surface area contributed by atoms with Crippen molar-refractivity contribution in [1.29, 1.82) is 0 Å². The predicted molar refractivity (Wildman–Crippen MR) is 127 cm³/mol. The highest BCUT2D eigenvalue weighted by atomic mass is 16.1. The molecule has 1 aromatic carbocycles. The number of aromatic amines is 1. The monoisotopic (exact) mass is 454 g/mol. The third-order valence-electron chi connectivity index (χ3n) is 6.19. The van der Waals surface area contributed by atoms with E-state index in [1.807, 2.05) is 25.1 Å². The number of hydrogen-bond donors (Lipinski definition) is 2. The number of carbonyl (C=O) groups excluding carboxylic acids is 1. The minimum Gasteiger partial charge on any atom is -0.320 e. The van der Waals surface area contributed by atoms with Crippen LogP contribution in [0.2, 0.25) is 0 Å². The predicted octanol–water partition coefficient (Wildman–Crippen LogP) is 3.14. The number of rotatable bonds is 3. The normalized spacial score (nSPS) is 13.7. The zero-order valence-electron chi connectivity index (χ0n) is 18.6. The van der Waals surface area contributed by atoms with Crippen LogP contribution in [0.3, 0.4) is 0 Å². The van der Waals surface area contributed by atoms with Gasteiger partial charge >= 0.3 is 0 Å². The van der Waals surface area contributed by atoms with Gasteiger partial charge in [0, 0.05) is 18.7 Å². The Morgan fingerprint density at radius 1 is 1.12 bits per heavy atom. The summed E-state index contributed by atoms with van der Waals surface area (Å²) in [6.07, 6.45) is 7.03. The Balaban J connectivity index is 1.43. The van der Waals surface area contributed by atoms with Gasteiger partial charge in [-0.3, -0.25) is 9.59 Å². The summed E-state index contributed by atoms with van der Waals surface area (Å²) >= 11 is 0. The lowest BCUT2D eigenvalue weighted by atomic mass is 10.1. The van der Waals surface area contributed by atoms with E-state index in [1.165, 1.54) is 18.9 Å². The second-order valence-corrected chi connectivity index (χ2v) is 8.47. The number of imidazole rings is 1. The molecule has 34 heavy (non-hydrogen) atoms. The minimum absolute atomic E-state index is 0.271. The second-order valence-electron chi connectivity index (χ2n) is 8.47. The molecule has 6 rings (SSSR count). The number of aromatic nitrogens is 7.